The zero-order valence-electron chi connectivity index (χ0n) is 10.4. The lowest BCUT2D eigenvalue weighted by Gasteiger charge is -2.32. The quantitative estimate of drug-likeness (QED) is 0.806. The van der Waals surface area contributed by atoms with Crippen LogP contribution in [0.1, 0.15) is 27.2 Å². The van der Waals surface area contributed by atoms with Crippen molar-refractivity contribution in [2.75, 3.05) is 13.2 Å². The number of hydrogen-bond donors (Lipinski definition) is 0. The second kappa shape index (κ2) is 4.54. The molecule has 0 saturated carbocycles. The first-order valence-electron chi connectivity index (χ1n) is 6.58. The summed E-state index contributed by atoms with van der Waals surface area (Å²) in [6.07, 6.45) is 1.01. The molecule has 1 fully saturated rings. The molecular formula is C15H14O2S2. The summed E-state index contributed by atoms with van der Waals surface area (Å²) in [5.41, 5.74) is 1.39. The molecule has 0 spiro atoms. The van der Waals surface area contributed by atoms with Crippen molar-refractivity contribution in [1.82, 2.24) is 0 Å². The Morgan fingerprint density at radius 1 is 1.05 bits per heavy atom. The Balaban J connectivity index is 1.80. The fourth-order valence-electron chi connectivity index (χ4n) is 3.40. The number of rotatable bonds is 1. The largest absolute Gasteiger partial charge is 0.380 e. The summed E-state index contributed by atoms with van der Waals surface area (Å²) in [7, 11) is 0. The standard InChI is InChI=1S/C15H14O2S2/c16-15-18-13-6-10(9-4-2-1-3-5-9)11-7-17-8-12(11)14(13)19-15/h1-5,10-12H,6-8H2/t10-,11-,12?/m1/s1. The van der Waals surface area contributed by atoms with E-state index in [0.717, 1.165) is 19.6 Å². The highest BCUT2D eigenvalue weighted by molar-refractivity contribution is 7.27. The van der Waals surface area contributed by atoms with Crippen LogP contribution in [0.2, 0.25) is 0 Å². The summed E-state index contributed by atoms with van der Waals surface area (Å²) >= 11 is 2.89. The normalized spacial score (nSPS) is 28.9. The Kier molecular flexibility index (Phi) is 2.83. The first kappa shape index (κ1) is 11.8. The van der Waals surface area contributed by atoms with Crippen LogP contribution in [0.15, 0.2) is 35.1 Å². The van der Waals surface area contributed by atoms with Crippen LogP contribution in [0.4, 0.5) is 0 Å². The van der Waals surface area contributed by atoms with Crippen molar-refractivity contribution < 1.29 is 4.74 Å². The number of fused-ring (bicyclic) bond motifs is 3. The third-order valence-electron chi connectivity index (χ3n) is 4.29. The molecule has 1 unspecified atom stereocenters. The molecule has 0 N–H and O–H groups in total. The molecule has 4 rings (SSSR count). The Morgan fingerprint density at radius 2 is 1.89 bits per heavy atom. The Bertz CT molecular complexity index is 644. The van der Waals surface area contributed by atoms with E-state index in [0.29, 0.717) is 17.8 Å². The van der Waals surface area contributed by atoms with Crippen molar-refractivity contribution in [3.63, 3.8) is 0 Å². The SMILES string of the molecule is O=c1sc2c(s1)C1COC[C@@H]1[C@@H](c1ccccc1)C2. The van der Waals surface area contributed by atoms with Crippen LogP contribution in [0.25, 0.3) is 0 Å². The zero-order valence-corrected chi connectivity index (χ0v) is 12.0. The molecule has 2 aliphatic rings. The smallest absolute Gasteiger partial charge is 0.287 e. The van der Waals surface area contributed by atoms with Gasteiger partial charge in [-0.05, 0) is 23.8 Å². The van der Waals surface area contributed by atoms with Gasteiger partial charge >= 0.3 is 0 Å². The lowest BCUT2D eigenvalue weighted by molar-refractivity contribution is 0.180. The lowest BCUT2D eigenvalue weighted by Crippen LogP contribution is -2.25. The fourth-order valence-corrected chi connectivity index (χ4v) is 5.87. The molecule has 19 heavy (non-hydrogen) atoms. The highest BCUT2D eigenvalue weighted by atomic mass is 32.2. The van der Waals surface area contributed by atoms with E-state index in [2.05, 4.69) is 30.3 Å². The molecule has 2 heterocycles. The molecule has 3 atom stereocenters. The summed E-state index contributed by atoms with van der Waals surface area (Å²) in [6.45, 7) is 1.62. The van der Waals surface area contributed by atoms with Crippen molar-refractivity contribution in [3.05, 3.63) is 54.5 Å². The molecule has 1 aromatic heterocycles. The van der Waals surface area contributed by atoms with Crippen LogP contribution in [-0.4, -0.2) is 13.2 Å². The molecule has 1 aliphatic carbocycles. The Morgan fingerprint density at radius 3 is 2.74 bits per heavy atom. The molecule has 2 nitrogen and oxygen atoms in total. The van der Waals surface area contributed by atoms with Gasteiger partial charge < -0.3 is 4.74 Å². The first-order chi connectivity index (χ1) is 9.33. The highest BCUT2D eigenvalue weighted by Gasteiger charge is 2.42. The molecular weight excluding hydrogens is 276 g/mol. The van der Waals surface area contributed by atoms with Crippen LogP contribution in [0.3, 0.4) is 0 Å². The van der Waals surface area contributed by atoms with Crippen LogP contribution in [0, 0.1) is 5.92 Å². The second-order valence-electron chi connectivity index (χ2n) is 5.27. The van der Waals surface area contributed by atoms with Crippen molar-refractivity contribution in [2.24, 2.45) is 5.92 Å². The average molecular weight is 290 g/mol. The van der Waals surface area contributed by atoms with Crippen molar-refractivity contribution in [3.8, 4) is 0 Å². The van der Waals surface area contributed by atoms with Gasteiger partial charge in [0.2, 0.25) is 0 Å². The first-order valence-corrected chi connectivity index (χ1v) is 8.21. The van der Waals surface area contributed by atoms with Gasteiger partial charge in [0, 0.05) is 15.7 Å². The average Bonchev–Trinajstić information content (AvgIpc) is 3.03. The topological polar surface area (TPSA) is 26.3 Å². The van der Waals surface area contributed by atoms with Crippen molar-refractivity contribution in [2.45, 2.75) is 18.3 Å². The van der Waals surface area contributed by atoms with E-state index < -0.39 is 0 Å². The maximum atomic E-state index is 11.7. The minimum atomic E-state index is 0.240. The number of hydrogen-bond acceptors (Lipinski definition) is 4. The molecule has 0 bridgehead atoms. The summed E-state index contributed by atoms with van der Waals surface area (Å²) in [5, 5.41) is 0. The number of benzene rings is 1. The van der Waals surface area contributed by atoms with Gasteiger partial charge in [-0.25, -0.2) is 0 Å². The Labute approximate surface area is 119 Å². The summed E-state index contributed by atoms with van der Waals surface area (Å²) in [5.74, 6) is 1.49. The van der Waals surface area contributed by atoms with Crippen molar-refractivity contribution in [1.29, 1.82) is 0 Å². The van der Waals surface area contributed by atoms with Crippen LogP contribution in [0.5, 0.6) is 0 Å². The van der Waals surface area contributed by atoms with Gasteiger partial charge in [-0.1, -0.05) is 53.0 Å². The van der Waals surface area contributed by atoms with Gasteiger partial charge in [0.15, 0.2) is 0 Å². The molecule has 0 radical (unpaired) electrons. The van der Waals surface area contributed by atoms with E-state index >= 15 is 0 Å². The van der Waals surface area contributed by atoms with Gasteiger partial charge in [-0.3, -0.25) is 4.79 Å². The van der Waals surface area contributed by atoms with Crippen LogP contribution >= 0.6 is 22.7 Å². The predicted molar refractivity (Wildman–Crippen MR) is 78.4 cm³/mol. The molecule has 1 aliphatic heterocycles. The molecule has 2 aromatic rings. The van der Waals surface area contributed by atoms with Gasteiger partial charge in [0.1, 0.15) is 0 Å². The highest BCUT2D eigenvalue weighted by Crippen LogP contribution is 2.49. The van der Waals surface area contributed by atoms with Crippen molar-refractivity contribution >= 4 is 22.7 Å². The van der Waals surface area contributed by atoms with Crippen LogP contribution < -0.4 is 4.06 Å². The minimum Gasteiger partial charge on any atom is -0.380 e. The Hall–Kier alpha value is -0.970. The van der Waals surface area contributed by atoms with E-state index in [1.54, 1.807) is 0 Å². The summed E-state index contributed by atoms with van der Waals surface area (Å²) in [6, 6.07) is 10.7. The monoisotopic (exact) mass is 290 g/mol. The second-order valence-corrected chi connectivity index (χ2v) is 7.61. The maximum Gasteiger partial charge on any atom is 0.287 e. The molecule has 1 aromatic carbocycles. The summed E-state index contributed by atoms with van der Waals surface area (Å²) in [4.78, 5) is 14.3. The van der Waals surface area contributed by atoms with E-state index in [9.17, 15) is 4.79 Å². The van der Waals surface area contributed by atoms with Crippen LogP contribution in [-0.2, 0) is 11.2 Å². The number of ether oxygens (including phenoxy) is 1. The minimum absolute atomic E-state index is 0.240. The zero-order chi connectivity index (χ0) is 12.8. The molecule has 4 heteroatoms. The predicted octanol–water partition coefficient (Wildman–Crippen LogP) is 3.24. The van der Waals surface area contributed by atoms with E-state index in [-0.39, 0.29) is 4.06 Å². The molecule has 1 saturated heterocycles. The molecule has 98 valence electrons. The summed E-state index contributed by atoms with van der Waals surface area (Å²) < 4.78 is 5.96. The van der Waals surface area contributed by atoms with Gasteiger partial charge in [-0.15, -0.1) is 0 Å². The van der Waals surface area contributed by atoms with Gasteiger partial charge in [0.25, 0.3) is 4.06 Å². The third-order valence-corrected chi connectivity index (χ3v) is 6.65. The lowest BCUT2D eigenvalue weighted by atomic mass is 9.73. The molecule has 0 amide bonds. The van der Waals surface area contributed by atoms with Gasteiger partial charge in [0.05, 0.1) is 13.2 Å². The van der Waals surface area contributed by atoms with E-state index in [1.165, 1.54) is 38.0 Å². The fraction of sp³-hybridized carbons (Fsp3) is 0.400. The third kappa shape index (κ3) is 1.90. The van der Waals surface area contributed by atoms with E-state index in [4.69, 9.17) is 4.74 Å². The van der Waals surface area contributed by atoms with E-state index in [1.807, 2.05) is 0 Å². The maximum absolute atomic E-state index is 11.7. The van der Waals surface area contributed by atoms with Gasteiger partial charge in [-0.2, -0.15) is 0 Å².